The molecule has 1 heterocycles. The number of thiocarbonyl (C=S) groups is 1. The predicted octanol–water partition coefficient (Wildman–Crippen LogP) is 1.85. The maximum absolute atomic E-state index is 11.4. The van der Waals surface area contributed by atoms with Crippen molar-refractivity contribution in [3.63, 3.8) is 0 Å². The van der Waals surface area contributed by atoms with E-state index in [9.17, 15) is 10.1 Å². The third kappa shape index (κ3) is 3.66. The van der Waals surface area contributed by atoms with E-state index < -0.39 is 0 Å². The van der Waals surface area contributed by atoms with Crippen molar-refractivity contribution in [3.05, 3.63) is 23.3 Å². The quantitative estimate of drug-likeness (QED) is 0.624. The average molecular weight is 348 g/mol. The van der Waals surface area contributed by atoms with Gasteiger partial charge in [0.1, 0.15) is 6.07 Å². The van der Waals surface area contributed by atoms with Gasteiger partial charge in [0.2, 0.25) is 5.91 Å². The molecule has 1 aromatic rings. The summed E-state index contributed by atoms with van der Waals surface area (Å²) >= 11 is 7.24. The van der Waals surface area contributed by atoms with Crippen molar-refractivity contribution >= 4 is 40.4 Å². The fourth-order valence-corrected chi connectivity index (χ4v) is 3.93. The van der Waals surface area contributed by atoms with E-state index in [4.69, 9.17) is 18.0 Å². The van der Waals surface area contributed by atoms with Crippen LogP contribution in [0.4, 0.5) is 5.69 Å². The van der Waals surface area contributed by atoms with Crippen LogP contribution >= 0.6 is 24.0 Å². The van der Waals surface area contributed by atoms with Crippen LogP contribution in [0.25, 0.3) is 0 Å². The summed E-state index contributed by atoms with van der Waals surface area (Å²) in [6.45, 7) is 0.692. The molecule has 7 heteroatoms. The second kappa shape index (κ2) is 7.30. The van der Waals surface area contributed by atoms with Gasteiger partial charge in [0.15, 0.2) is 0 Å². The molecule has 1 aliphatic heterocycles. The fourth-order valence-electron chi connectivity index (χ4n) is 2.92. The van der Waals surface area contributed by atoms with Gasteiger partial charge in [-0.3, -0.25) is 4.79 Å². The largest absolute Gasteiger partial charge is 0.381 e. The minimum Gasteiger partial charge on any atom is -0.381 e. The normalized spacial score (nSPS) is 19.9. The van der Waals surface area contributed by atoms with Crippen LogP contribution in [0.3, 0.4) is 0 Å². The second-order valence-electron chi connectivity index (χ2n) is 5.83. The number of benzene rings is 1. The molecule has 2 unspecified atom stereocenters. The number of rotatable bonds is 5. The van der Waals surface area contributed by atoms with Gasteiger partial charge in [0.05, 0.1) is 5.56 Å². The Labute approximate surface area is 146 Å². The van der Waals surface area contributed by atoms with Crippen molar-refractivity contribution in [2.75, 3.05) is 32.2 Å². The fraction of sp³-hybridized carbons (Fsp3) is 0.438. The van der Waals surface area contributed by atoms with Crippen molar-refractivity contribution in [1.29, 1.82) is 5.26 Å². The molecular formula is C16H20N4OS2. The molecule has 0 fully saturated rings. The molecule has 2 rings (SSSR count). The summed E-state index contributed by atoms with van der Waals surface area (Å²) in [5.41, 5.74) is 7.60. The summed E-state index contributed by atoms with van der Waals surface area (Å²) in [7, 11) is 3.92. The number of primary amides is 1. The van der Waals surface area contributed by atoms with Gasteiger partial charge in [-0.05, 0) is 32.5 Å². The Balaban J connectivity index is 2.53. The number of nitriles is 1. The van der Waals surface area contributed by atoms with E-state index in [1.165, 1.54) is 11.8 Å². The Morgan fingerprint density at radius 1 is 1.52 bits per heavy atom. The van der Waals surface area contributed by atoms with Crippen LogP contribution in [0.1, 0.15) is 17.5 Å². The molecule has 0 spiro atoms. The van der Waals surface area contributed by atoms with Crippen LogP contribution < -0.4 is 11.1 Å². The van der Waals surface area contributed by atoms with Crippen LogP contribution in [0.5, 0.6) is 0 Å². The highest BCUT2D eigenvalue weighted by Crippen LogP contribution is 2.36. The zero-order valence-electron chi connectivity index (χ0n) is 13.4. The van der Waals surface area contributed by atoms with E-state index in [2.05, 4.69) is 11.4 Å². The monoisotopic (exact) mass is 348 g/mol. The number of hydrogen-bond acceptors (Lipinski definition) is 6. The molecule has 5 nitrogen and oxygen atoms in total. The third-order valence-corrected chi connectivity index (χ3v) is 5.18. The number of amides is 1. The Bertz CT molecular complexity index is 681. The molecule has 0 saturated heterocycles. The zero-order valence-corrected chi connectivity index (χ0v) is 15.1. The van der Waals surface area contributed by atoms with Crippen molar-refractivity contribution in [3.8, 4) is 6.07 Å². The molecule has 1 amide bonds. The van der Waals surface area contributed by atoms with Gasteiger partial charge >= 0.3 is 0 Å². The second-order valence-corrected chi connectivity index (χ2v) is 7.12. The highest BCUT2D eigenvalue weighted by molar-refractivity contribution is 7.98. The summed E-state index contributed by atoms with van der Waals surface area (Å²) in [4.78, 5) is 15.1. The van der Waals surface area contributed by atoms with Crippen LogP contribution in [0.2, 0.25) is 0 Å². The van der Waals surface area contributed by atoms with Gasteiger partial charge in [-0.15, -0.1) is 11.8 Å². The third-order valence-electron chi connectivity index (χ3n) is 3.89. The van der Waals surface area contributed by atoms with Crippen molar-refractivity contribution < 1.29 is 4.79 Å². The lowest BCUT2D eigenvalue weighted by Crippen LogP contribution is -2.46. The molecule has 1 aromatic carbocycles. The lowest BCUT2D eigenvalue weighted by atomic mass is 9.83. The summed E-state index contributed by atoms with van der Waals surface area (Å²) in [5, 5.41) is 12.9. The lowest BCUT2D eigenvalue weighted by Gasteiger charge is -2.37. The molecule has 0 radical (unpaired) electrons. The highest BCUT2D eigenvalue weighted by Gasteiger charge is 2.35. The summed E-state index contributed by atoms with van der Waals surface area (Å²) in [6.07, 6.45) is 2.15. The van der Waals surface area contributed by atoms with Crippen LogP contribution in [-0.2, 0) is 4.79 Å². The first-order valence-electron chi connectivity index (χ1n) is 7.23. The van der Waals surface area contributed by atoms with E-state index in [1.807, 2.05) is 37.4 Å². The Kier molecular flexibility index (Phi) is 5.63. The number of nitrogens with two attached hydrogens (primary N) is 1. The number of anilines is 1. The minimum absolute atomic E-state index is 0.0517. The predicted molar refractivity (Wildman–Crippen MR) is 97.9 cm³/mol. The molecule has 23 heavy (non-hydrogen) atoms. The van der Waals surface area contributed by atoms with Crippen molar-refractivity contribution in [2.24, 2.45) is 11.7 Å². The maximum atomic E-state index is 11.4. The minimum atomic E-state index is -0.362. The van der Waals surface area contributed by atoms with Gasteiger partial charge in [-0.1, -0.05) is 12.2 Å². The Morgan fingerprint density at radius 3 is 2.74 bits per heavy atom. The molecule has 2 atom stereocenters. The SMILES string of the molecule is CSc1ccc2c(c1C#N)C(=S)C(CN(C)C)C(CC(N)=O)N2. The molecule has 0 bridgehead atoms. The number of thioether (sulfide) groups is 1. The summed E-state index contributed by atoms with van der Waals surface area (Å²) in [5.74, 6) is -0.414. The number of nitrogens with zero attached hydrogens (tertiary/aromatic N) is 2. The van der Waals surface area contributed by atoms with Crippen LogP contribution in [0, 0.1) is 17.2 Å². The highest BCUT2D eigenvalue weighted by atomic mass is 32.2. The van der Waals surface area contributed by atoms with Gasteiger partial charge < -0.3 is 16.0 Å². The van der Waals surface area contributed by atoms with Crippen molar-refractivity contribution in [1.82, 2.24) is 4.90 Å². The first kappa shape index (κ1) is 17.7. The summed E-state index contributed by atoms with van der Waals surface area (Å²) < 4.78 is 0. The average Bonchev–Trinajstić information content (AvgIpc) is 2.49. The zero-order chi connectivity index (χ0) is 17.1. The van der Waals surface area contributed by atoms with E-state index in [0.29, 0.717) is 12.1 Å². The standard InChI is InChI=1S/C16H20N4OS2/c1-20(2)8-10-12(6-14(18)21)19-11-4-5-13(23-3)9(7-17)15(11)16(10)22/h4-5,10,12,19H,6,8H2,1-3H3,(H2,18,21). The van der Waals surface area contributed by atoms with E-state index in [1.54, 1.807) is 0 Å². The molecule has 122 valence electrons. The number of hydrogen-bond donors (Lipinski definition) is 2. The lowest BCUT2D eigenvalue weighted by molar-refractivity contribution is -0.118. The number of carbonyl (C=O) groups excluding carboxylic acids is 1. The summed E-state index contributed by atoms with van der Waals surface area (Å²) in [6, 6.07) is 5.96. The molecule has 1 aliphatic rings. The van der Waals surface area contributed by atoms with Crippen LogP contribution in [0.15, 0.2) is 17.0 Å². The first-order valence-corrected chi connectivity index (χ1v) is 8.87. The number of carbonyl (C=O) groups is 1. The van der Waals surface area contributed by atoms with Gasteiger partial charge in [0.25, 0.3) is 0 Å². The van der Waals surface area contributed by atoms with Gasteiger partial charge in [0, 0.05) is 45.9 Å². The van der Waals surface area contributed by atoms with E-state index in [0.717, 1.165) is 21.0 Å². The molecule has 0 aromatic heterocycles. The number of nitrogens with one attached hydrogen (secondary N) is 1. The van der Waals surface area contributed by atoms with E-state index in [-0.39, 0.29) is 24.3 Å². The van der Waals surface area contributed by atoms with Crippen LogP contribution in [-0.4, -0.2) is 48.6 Å². The Morgan fingerprint density at radius 2 is 2.22 bits per heavy atom. The molecular weight excluding hydrogens is 328 g/mol. The van der Waals surface area contributed by atoms with Gasteiger partial charge in [-0.25, -0.2) is 0 Å². The van der Waals surface area contributed by atoms with Gasteiger partial charge in [-0.2, -0.15) is 5.26 Å². The smallest absolute Gasteiger partial charge is 0.219 e. The molecule has 3 N–H and O–H groups in total. The van der Waals surface area contributed by atoms with E-state index >= 15 is 0 Å². The molecule has 0 saturated carbocycles. The number of fused-ring (bicyclic) bond motifs is 1. The topological polar surface area (TPSA) is 82.2 Å². The van der Waals surface area contributed by atoms with Crippen molar-refractivity contribution in [2.45, 2.75) is 17.4 Å². The first-order chi connectivity index (χ1) is 10.9. The Hall–Kier alpha value is -1.62. The maximum Gasteiger partial charge on any atom is 0.219 e. The molecule has 0 aliphatic carbocycles.